The first-order valence-electron chi connectivity index (χ1n) is 6.44. The molecule has 96 valence electrons. The van der Waals surface area contributed by atoms with Crippen LogP contribution in [0.15, 0.2) is 28.7 Å². The van der Waals surface area contributed by atoms with Gasteiger partial charge >= 0.3 is 0 Å². The highest BCUT2D eigenvalue weighted by Gasteiger charge is 2.20. The number of benzene rings is 1. The molecule has 1 unspecified atom stereocenters. The highest BCUT2D eigenvalue weighted by atomic mass is 79.9. The molecule has 0 radical (unpaired) electrons. The second kappa shape index (κ2) is 6.55. The van der Waals surface area contributed by atoms with Crippen LogP contribution < -0.4 is 5.32 Å². The summed E-state index contributed by atoms with van der Waals surface area (Å²) < 4.78 is 1.19. The average Bonchev–Trinajstić information content (AvgIpc) is 2.25. The topological polar surface area (TPSA) is 12.0 Å². The van der Waals surface area contributed by atoms with Gasteiger partial charge < -0.3 is 5.32 Å². The molecule has 2 heteroatoms. The first-order chi connectivity index (χ1) is 7.93. The minimum absolute atomic E-state index is 0.375. The molecule has 0 aromatic heterocycles. The summed E-state index contributed by atoms with van der Waals surface area (Å²) in [7, 11) is 0. The Hall–Kier alpha value is -0.340. The predicted octanol–water partition coefficient (Wildman–Crippen LogP) is 4.78. The Morgan fingerprint density at radius 1 is 0.941 bits per heavy atom. The lowest BCUT2D eigenvalue weighted by molar-refractivity contribution is 0.290. The predicted molar refractivity (Wildman–Crippen MR) is 79.2 cm³/mol. The molecular weight excluding hydrogens is 274 g/mol. The molecule has 0 bridgehead atoms. The first kappa shape index (κ1) is 14.7. The molecule has 1 rings (SSSR count). The molecule has 0 aliphatic carbocycles. The summed E-state index contributed by atoms with van der Waals surface area (Å²) in [6, 6.07) is 9.37. The summed E-state index contributed by atoms with van der Waals surface area (Å²) in [5.74, 6) is 1.31. The van der Waals surface area contributed by atoms with Gasteiger partial charge in [-0.2, -0.15) is 0 Å². The van der Waals surface area contributed by atoms with E-state index in [4.69, 9.17) is 0 Å². The van der Waals surface area contributed by atoms with E-state index in [1.165, 1.54) is 10.0 Å². The average molecular weight is 298 g/mol. The number of hydrogen-bond acceptors (Lipinski definition) is 1. The standard InChI is InChI=1S/C15H24BrN/c1-10(2)15(11(3)4)17-12(5)13-8-6-7-9-14(13)16/h6-12,15,17H,1-5H3. The Balaban J connectivity index is 2.77. The highest BCUT2D eigenvalue weighted by Crippen LogP contribution is 2.25. The SMILES string of the molecule is CC(NC(C(C)C)C(C)C)c1ccccc1Br. The lowest BCUT2D eigenvalue weighted by Gasteiger charge is -2.30. The van der Waals surface area contributed by atoms with Gasteiger partial charge in [-0.25, -0.2) is 0 Å². The zero-order valence-electron chi connectivity index (χ0n) is 11.5. The van der Waals surface area contributed by atoms with Crippen LogP contribution in [0.25, 0.3) is 0 Å². The molecule has 1 atom stereocenters. The van der Waals surface area contributed by atoms with E-state index < -0.39 is 0 Å². The lowest BCUT2D eigenvalue weighted by atomic mass is 9.92. The van der Waals surface area contributed by atoms with E-state index in [0.29, 0.717) is 23.9 Å². The van der Waals surface area contributed by atoms with Gasteiger partial charge in [-0.3, -0.25) is 0 Å². The third-order valence-corrected chi connectivity index (χ3v) is 3.97. The summed E-state index contributed by atoms with van der Waals surface area (Å²) in [5.41, 5.74) is 1.33. The molecule has 0 spiro atoms. The van der Waals surface area contributed by atoms with Crippen LogP contribution in [0.1, 0.15) is 46.2 Å². The van der Waals surface area contributed by atoms with E-state index in [-0.39, 0.29) is 0 Å². The van der Waals surface area contributed by atoms with Crippen molar-refractivity contribution in [3.8, 4) is 0 Å². The summed E-state index contributed by atoms with van der Waals surface area (Å²) >= 11 is 3.62. The number of nitrogens with one attached hydrogen (secondary N) is 1. The van der Waals surface area contributed by atoms with Gasteiger partial charge in [-0.1, -0.05) is 61.8 Å². The zero-order valence-corrected chi connectivity index (χ0v) is 13.1. The van der Waals surface area contributed by atoms with Gasteiger partial charge in [0.1, 0.15) is 0 Å². The van der Waals surface area contributed by atoms with Crippen molar-refractivity contribution in [1.29, 1.82) is 0 Å². The number of hydrogen-bond donors (Lipinski definition) is 1. The molecule has 0 heterocycles. The number of rotatable bonds is 5. The largest absolute Gasteiger partial charge is 0.307 e. The molecule has 1 aromatic rings. The maximum atomic E-state index is 3.74. The Morgan fingerprint density at radius 3 is 1.94 bits per heavy atom. The van der Waals surface area contributed by atoms with Crippen LogP contribution in [0.5, 0.6) is 0 Å². The quantitative estimate of drug-likeness (QED) is 0.825. The minimum Gasteiger partial charge on any atom is -0.307 e. The van der Waals surface area contributed by atoms with Crippen molar-refractivity contribution in [2.45, 2.75) is 46.7 Å². The van der Waals surface area contributed by atoms with Crippen LogP contribution in [-0.2, 0) is 0 Å². The molecule has 0 saturated heterocycles. The Kier molecular flexibility index (Phi) is 5.68. The maximum absolute atomic E-state index is 3.74. The maximum Gasteiger partial charge on any atom is 0.0305 e. The van der Waals surface area contributed by atoms with E-state index in [2.05, 4.69) is 80.1 Å². The van der Waals surface area contributed by atoms with Crippen LogP contribution in [0.4, 0.5) is 0 Å². The molecule has 17 heavy (non-hydrogen) atoms. The molecule has 0 aliphatic heterocycles. The molecule has 0 fully saturated rings. The molecule has 1 N–H and O–H groups in total. The van der Waals surface area contributed by atoms with Crippen molar-refractivity contribution in [3.63, 3.8) is 0 Å². The van der Waals surface area contributed by atoms with Crippen molar-refractivity contribution in [3.05, 3.63) is 34.3 Å². The smallest absolute Gasteiger partial charge is 0.0305 e. The third kappa shape index (κ3) is 4.11. The normalized spacial score (nSPS) is 13.7. The zero-order chi connectivity index (χ0) is 13.0. The molecule has 1 aromatic carbocycles. The van der Waals surface area contributed by atoms with E-state index in [1.54, 1.807) is 0 Å². The van der Waals surface area contributed by atoms with E-state index in [1.807, 2.05) is 0 Å². The van der Waals surface area contributed by atoms with Crippen molar-refractivity contribution in [2.24, 2.45) is 11.8 Å². The fraction of sp³-hybridized carbons (Fsp3) is 0.600. The molecule has 0 amide bonds. The number of halogens is 1. The van der Waals surface area contributed by atoms with Crippen molar-refractivity contribution in [1.82, 2.24) is 5.32 Å². The van der Waals surface area contributed by atoms with Crippen LogP contribution in [0.2, 0.25) is 0 Å². The van der Waals surface area contributed by atoms with Crippen molar-refractivity contribution >= 4 is 15.9 Å². The fourth-order valence-electron chi connectivity index (χ4n) is 2.36. The molecule has 0 saturated carbocycles. The second-order valence-electron chi connectivity index (χ2n) is 5.42. The van der Waals surface area contributed by atoms with Crippen molar-refractivity contribution < 1.29 is 0 Å². The summed E-state index contributed by atoms with van der Waals surface area (Å²) in [6.07, 6.45) is 0. The first-order valence-corrected chi connectivity index (χ1v) is 7.23. The summed E-state index contributed by atoms with van der Waals surface area (Å²) in [5, 5.41) is 3.74. The summed E-state index contributed by atoms with van der Waals surface area (Å²) in [4.78, 5) is 0. The van der Waals surface area contributed by atoms with Gasteiger partial charge in [0.05, 0.1) is 0 Å². The molecule has 1 nitrogen and oxygen atoms in total. The van der Waals surface area contributed by atoms with E-state index >= 15 is 0 Å². The van der Waals surface area contributed by atoms with Gasteiger partial charge in [-0.15, -0.1) is 0 Å². The van der Waals surface area contributed by atoms with Gasteiger partial charge in [-0.05, 0) is 30.4 Å². The third-order valence-electron chi connectivity index (χ3n) is 3.25. The van der Waals surface area contributed by atoms with Gasteiger partial charge in [0.25, 0.3) is 0 Å². The van der Waals surface area contributed by atoms with Crippen LogP contribution in [0, 0.1) is 11.8 Å². The Labute approximate surface area is 114 Å². The van der Waals surface area contributed by atoms with Gasteiger partial charge in [0.15, 0.2) is 0 Å². The highest BCUT2D eigenvalue weighted by molar-refractivity contribution is 9.10. The Bertz CT molecular complexity index is 339. The Morgan fingerprint density at radius 2 is 1.47 bits per heavy atom. The molecular formula is C15H24BrN. The second-order valence-corrected chi connectivity index (χ2v) is 6.28. The van der Waals surface area contributed by atoms with Crippen molar-refractivity contribution in [2.75, 3.05) is 0 Å². The van der Waals surface area contributed by atoms with Crippen LogP contribution >= 0.6 is 15.9 Å². The lowest BCUT2D eigenvalue weighted by Crippen LogP contribution is -2.39. The monoisotopic (exact) mass is 297 g/mol. The summed E-state index contributed by atoms with van der Waals surface area (Å²) in [6.45, 7) is 11.4. The van der Waals surface area contributed by atoms with E-state index in [9.17, 15) is 0 Å². The van der Waals surface area contributed by atoms with Crippen LogP contribution in [0.3, 0.4) is 0 Å². The van der Waals surface area contributed by atoms with E-state index in [0.717, 1.165) is 0 Å². The minimum atomic E-state index is 0.375. The molecule has 0 aliphatic rings. The van der Waals surface area contributed by atoms with Crippen LogP contribution in [-0.4, -0.2) is 6.04 Å². The van der Waals surface area contributed by atoms with Gasteiger partial charge in [0.2, 0.25) is 0 Å². The fourth-order valence-corrected chi connectivity index (χ4v) is 2.99. The van der Waals surface area contributed by atoms with Gasteiger partial charge in [0, 0.05) is 16.6 Å².